The fourth-order valence-corrected chi connectivity index (χ4v) is 4.42. The number of thioether (sulfide) groups is 1. The Morgan fingerprint density at radius 1 is 1.23 bits per heavy atom. The molecule has 0 bridgehead atoms. The van der Waals surface area contributed by atoms with Crippen LogP contribution in [0.15, 0.2) is 40.9 Å². The van der Waals surface area contributed by atoms with Crippen molar-refractivity contribution in [2.24, 2.45) is 0 Å². The van der Waals surface area contributed by atoms with Crippen LogP contribution in [0.3, 0.4) is 0 Å². The van der Waals surface area contributed by atoms with Gasteiger partial charge < -0.3 is 4.74 Å². The quantitative estimate of drug-likeness (QED) is 0.450. The summed E-state index contributed by atoms with van der Waals surface area (Å²) in [6.45, 7) is 0. The highest BCUT2D eigenvalue weighted by atomic mass is 35.5. The topological polar surface area (TPSA) is 77.0 Å². The molecular formula is C16H12Cl2N4O2S2. The normalized spacial score (nSPS) is 10.6. The second-order valence-electron chi connectivity index (χ2n) is 4.91. The number of nitrogens with zero attached hydrogens (tertiary/aromatic N) is 3. The molecule has 0 radical (unpaired) electrons. The molecule has 2 heterocycles. The number of hydrogen-bond acceptors (Lipinski definition) is 7. The van der Waals surface area contributed by atoms with E-state index >= 15 is 0 Å². The van der Waals surface area contributed by atoms with Crippen molar-refractivity contribution in [3.63, 3.8) is 0 Å². The molecule has 0 unspecified atom stereocenters. The number of pyridine rings is 1. The second kappa shape index (κ2) is 8.68. The minimum atomic E-state index is -0.318. The number of carbonyl (C=O) groups is 1. The van der Waals surface area contributed by atoms with Gasteiger partial charge in [-0.05, 0) is 23.8 Å². The number of nitrogens with one attached hydrogen (secondary N) is 1. The number of carbonyl (C=O) groups excluding carboxylic acids is 1. The molecule has 0 saturated carbocycles. The Morgan fingerprint density at radius 2 is 2.00 bits per heavy atom. The Balaban J connectivity index is 1.61. The zero-order chi connectivity index (χ0) is 18.5. The number of rotatable bonds is 6. The van der Waals surface area contributed by atoms with Crippen molar-refractivity contribution in [2.75, 3.05) is 12.4 Å². The Morgan fingerprint density at radius 3 is 2.65 bits per heavy atom. The lowest BCUT2D eigenvalue weighted by molar-refractivity contribution is 0.102. The molecule has 1 amide bonds. The summed E-state index contributed by atoms with van der Waals surface area (Å²) in [6, 6.07) is 8.61. The number of amides is 1. The number of ether oxygens (including phenoxy) is 1. The van der Waals surface area contributed by atoms with E-state index in [1.54, 1.807) is 30.3 Å². The van der Waals surface area contributed by atoms with E-state index in [0.717, 1.165) is 5.56 Å². The summed E-state index contributed by atoms with van der Waals surface area (Å²) in [4.78, 5) is 16.2. The molecule has 10 heteroatoms. The van der Waals surface area contributed by atoms with Gasteiger partial charge in [0.05, 0.1) is 12.7 Å². The molecular weight excluding hydrogens is 415 g/mol. The summed E-state index contributed by atoms with van der Waals surface area (Å²) in [5.41, 5.74) is 1.24. The molecule has 6 nitrogen and oxygen atoms in total. The van der Waals surface area contributed by atoms with Gasteiger partial charge in [0.25, 0.3) is 5.91 Å². The average molecular weight is 427 g/mol. The van der Waals surface area contributed by atoms with Gasteiger partial charge in [-0.1, -0.05) is 52.4 Å². The Labute approximate surface area is 167 Å². The molecule has 1 N–H and O–H groups in total. The summed E-state index contributed by atoms with van der Waals surface area (Å²) < 4.78 is 5.66. The molecule has 1 aromatic carbocycles. The van der Waals surface area contributed by atoms with E-state index in [9.17, 15) is 4.79 Å². The number of aromatic nitrogens is 3. The lowest BCUT2D eigenvalue weighted by atomic mass is 10.2. The van der Waals surface area contributed by atoms with Gasteiger partial charge in [0.1, 0.15) is 0 Å². The van der Waals surface area contributed by atoms with Crippen LogP contribution >= 0.6 is 46.3 Å². The number of benzene rings is 1. The maximum absolute atomic E-state index is 12.2. The zero-order valence-electron chi connectivity index (χ0n) is 13.4. The Hall–Kier alpha value is -1.87. The summed E-state index contributed by atoms with van der Waals surface area (Å²) in [6.07, 6.45) is 1.43. The molecule has 0 spiro atoms. The van der Waals surface area contributed by atoms with Crippen LogP contribution in [-0.2, 0) is 5.75 Å². The molecule has 2 aromatic heterocycles. The highest BCUT2D eigenvalue weighted by molar-refractivity contribution is 8.00. The molecule has 0 fully saturated rings. The maximum Gasteiger partial charge on any atom is 0.259 e. The van der Waals surface area contributed by atoms with Gasteiger partial charge in [0.2, 0.25) is 11.0 Å². The van der Waals surface area contributed by atoms with Gasteiger partial charge in [-0.15, -0.1) is 10.2 Å². The molecule has 0 aliphatic heterocycles. The number of methoxy groups -OCH3 is 1. The van der Waals surface area contributed by atoms with Gasteiger partial charge in [-0.25, -0.2) is 4.98 Å². The SMILES string of the molecule is COc1ccc(C(=O)Nc2nnc(SCc3c(Cl)cccc3Cl)s2)cn1. The smallest absolute Gasteiger partial charge is 0.259 e. The highest BCUT2D eigenvalue weighted by Gasteiger charge is 2.13. The largest absolute Gasteiger partial charge is 0.481 e. The van der Waals surface area contributed by atoms with Crippen LogP contribution < -0.4 is 10.1 Å². The van der Waals surface area contributed by atoms with E-state index in [2.05, 4.69) is 20.5 Å². The van der Waals surface area contributed by atoms with Gasteiger partial charge >= 0.3 is 0 Å². The molecule has 0 aliphatic carbocycles. The van der Waals surface area contributed by atoms with Gasteiger partial charge in [-0.3, -0.25) is 10.1 Å². The minimum Gasteiger partial charge on any atom is -0.481 e. The van der Waals surface area contributed by atoms with Gasteiger partial charge in [0.15, 0.2) is 4.34 Å². The molecule has 0 saturated heterocycles. The molecule has 134 valence electrons. The van der Waals surface area contributed by atoms with E-state index < -0.39 is 0 Å². The van der Waals surface area contributed by atoms with Crippen molar-refractivity contribution in [1.29, 1.82) is 0 Å². The first-order chi connectivity index (χ1) is 12.6. The summed E-state index contributed by atoms with van der Waals surface area (Å²) in [7, 11) is 1.51. The van der Waals surface area contributed by atoms with E-state index in [1.165, 1.54) is 36.4 Å². The molecule has 0 atom stereocenters. The maximum atomic E-state index is 12.2. The fourth-order valence-electron chi connectivity index (χ4n) is 1.93. The van der Waals surface area contributed by atoms with Crippen molar-refractivity contribution in [1.82, 2.24) is 15.2 Å². The van der Waals surface area contributed by atoms with Crippen molar-refractivity contribution < 1.29 is 9.53 Å². The lowest BCUT2D eigenvalue weighted by Gasteiger charge is -2.04. The molecule has 26 heavy (non-hydrogen) atoms. The van der Waals surface area contributed by atoms with Crippen molar-refractivity contribution in [3.8, 4) is 5.88 Å². The predicted molar refractivity (Wildman–Crippen MR) is 105 cm³/mol. The third-order valence-corrected chi connectivity index (χ3v) is 5.94. The minimum absolute atomic E-state index is 0.318. The van der Waals surface area contributed by atoms with Gasteiger partial charge in [-0.2, -0.15) is 0 Å². The summed E-state index contributed by atoms with van der Waals surface area (Å²) >= 11 is 15.0. The van der Waals surface area contributed by atoms with Crippen LogP contribution in [0.25, 0.3) is 0 Å². The second-order valence-corrected chi connectivity index (χ2v) is 7.92. The van der Waals surface area contributed by atoms with Crippen LogP contribution in [-0.4, -0.2) is 28.2 Å². The van der Waals surface area contributed by atoms with E-state index in [1.807, 2.05) is 0 Å². The van der Waals surface area contributed by atoms with E-state index in [0.29, 0.717) is 36.7 Å². The summed E-state index contributed by atoms with van der Waals surface area (Å²) in [5.74, 6) is 0.681. The lowest BCUT2D eigenvalue weighted by Crippen LogP contribution is -2.12. The predicted octanol–water partition coefficient (Wildman–Crippen LogP) is 4.79. The average Bonchev–Trinajstić information content (AvgIpc) is 3.08. The first-order valence-corrected chi connectivity index (χ1v) is 9.83. The number of hydrogen-bond donors (Lipinski definition) is 1. The molecule has 0 aliphatic rings. The first kappa shape index (κ1) is 18.9. The van der Waals surface area contributed by atoms with Crippen molar-refractivity contribution >= 4 is 57.3 Å². The number of anilines is 1. The number of halogens is 2. The highest BCUT2D eigenvalue weighted by Crippen LogP contribution is 2.33. The zero-order valence-corrected chi connectivity index (χ0v) is 16.5. The van der Waals surface area contributed by atoms with E-state index in [4.69, 9.17) is 27.9 Å². The van der Waals surface area contributed by atoms with Crippen LogP contribution in [0.1, 0.15) is 15.9 Å². The van der Waals surface area contributed by atoms with Crippen LogP contribution in [0, 0.1) is 0 Å². The van der Waals surface area contributed by atoms with E-state index in [-0.39, 0.29) is 5.91 Å². The molecule has 3 rings (SSSR count). The summed E-state index contributed by atoms with van der Waals surface area (Å²) in [5, 5.41) is 12.3. The molecule has 3 aromatic rings. The third kappa shape index (κ3) is 4.64. The fraction of sp³-hybridized carbons (Fsp3) is 0.125. The van der Waals surface area contributed by atoms with Crippen LogP contribution in [0.5, 0.6) is 5.88 Å². The Kier molecular flexibility index (Phi) is 6.31. The Bertz CT molecular complexity index is 899. The van der Waals surface area contributed by atoms with Crippen LogP contribution in [0.2, 0.25) is 10.0 Å². The standard InChI is InChI=1S/C16H12Cl2N4O2S2/c1-24-13-6-5-9(7-19-13)14(23)20-15-21-22-16(26-15)25-8-10-11(17)3-2-4-12(10)18/h2-7H,8H2,1H3,(H,20,21,23). The van der Waals surface area contributed by atoms with Crippen molar-refractivity contribution in [2.45, 2.75) is 10.1 Å². The van der Waals surface area contributed by atoms with Gasteiger partial charge in [0, 0.05) is 28.1 Å². The monoisotopic (exact) mass is 426 g/mol. The first-order valence-electron chi connectivity index (χ1n) is 7.27. The van der Waals surface area contributed by atoms with Crippen molar-refractivity contribution in [3.05, 3.63) is 57.7 Å². The van der Waals surface area contributed by atoms with Crippen LogP contribution in [0.4, 0.5) is 5.13 Å². The third-order valence-electron chi connectivity index (χ3n) is 3.24.